The molecular formula is C10H14FN5O3. The van der Waals surface area contributed by atoms with Crippen LogP contribution in [0.5, 0.6) is 0 Å². The van der Waals surface area contributed by atoms with E-state index in [1.165, 1.54) is 13.4 Å². The van der Waals surface area contributed by atoms with Gasteiger partial charge in [0.15, 0.2) is 11.5 Å². The maximum absolute atomic E-state index is 14.2. The Morgan fingerprint density at radius 1 is 1.47 bits per heavy atom. The van der Waals surface area contributed by atoms with Gasteiger partial charge in [-0.2, -0.15) is 0 Å². The van der Waals surface area contributed by atoms with Crippen molar-refractivity contribution in [2.45, 2.75) is 18.5 Å². The number of nitrogen functional groups attached to an aromatic ring is 1. The molecule has 0 unspecified atom stereocenters. The van der Waals surface area contributed by atoms with Gasteiger partial charge in [0, 0.05) is 7.11 Å². The van der Waals surface area contributed by atoms with Crippen LogP contribution in [0, 0.1) is 0 Å². The molecule has 2 heterocycles. The van der Waals surface area contributed by atoms with Crippen LogP contribution in [0.1, 0.15) is 6.30 Å². The number of rotatable bonds is 5. The van der Waals surface area contributed by atoms with Crippen LogP contribution in [0.2, 0.25) is 0 Å². The lowest BCUT2D eigenvalue weighted by Crippen LogP contribution is -2.37. The standard InChI is InChI=1S/C10H14FN5O3/c1-19-5(2-17)7(18)8(11)16-4-15-6-9(12)13-3-14-10(6)16/h3-5,7-8,17-18H,2H2,1H3,(H2,12,13,14)/t5-,7-,8+/m1/s1. The largest absolute Gasteiger partial charge is 0.394 e. The molecule has 2 rings (SSSR count). The van der Waals surface area contributed by atoms with Crippen molar-refractivity contribution in [2.24, 2.45) is 0 Å². The van der Waals surface area contributed by atoms with Gasteiger partial charge in [0.2, 0.25) is 6.30 Å². The Kier molecular flexibility index (Phi) is 3.88. The molecule has 0 saturated heterocycles. The number of hydrogen-bond donors (Lipinski definition) is 3. The van der Waals surface area contributed by atoms with Crippen LogP contribution < -0.4 is 5.73 Å². The fourth-order valence-corrected chi connectivity index (χ4v) is 1.71. The molecule has 9 heteroatoms. The summed E-state index contributed by atoms with van der Waals surface area (Å²) in [6.07, 6.45) is -2.16. The van der Waals surface area contributed by atoms with E-state index in [0.29, 0.717) is 0 Å². The number of fused-ring (bicyclic) bond motifs is 1. The molecule has 0 spiro atoms. The number of imidazole rings is 1. The van der Waals surface area contributed by atoms with Crippen LogP contribution in [0.25, 0.3) is 11.2 Å². The minimum atomic E-state index is -1.88. The fourth-order valence-electron chi connectivity index (χ4n) is 1.71. The van der Waals surface area contributed by atoms with Gasteiger partial charge >= 0.3 is 0 Å². The van der Waals surface area contributed by atoms with E-state index in [9.17, 15) is 9.50 Å². The lowest BCUT2D eigenvalue weighted by Gasteiger charge is -2.23. The van der Waals surface area contributed by atoms with E-state index in [4.69, 9.17) is 15.6 Å². The molecule has 0 radical (unpaired) electrons. The molecule has 0 amide bonds. The van der Waals surface area contributed by atoms with E-state index < -0.39 is 25.1 Å². The molecule has 8 nitrogen and oxygen atoms in total. The molecule has 0 bridgehead atoms. The van der Waals surface area contributed by atoms with Crippen molar-refractivity contribution in [1.29, 1.82) is 0 Å². The minimum Gasteiger partial charge on any atom is -0.394 e. The summed E-state index contributed by atoms with van der Waals surface area (Å²) < 4.78 is 20.0. The molecule has 0 aromatic carbocycles. The van der Waals surface area contributed by atoms with Crippen LogP contribution in [-0.4, -0.2) is 55.7 Å². The van der Waals surface area contributed by atoms with Crippen molar-refractivity contribution < 1.29 is 19.3 Å². The zero-order valence-corrected chi connectivity index (χ0v) is 10.1. The van der Waals surface area contributed by atoms with E-state index in [2.05, 4.69) is 15.0 Å². The Balaban J connectivity index is 2.36. The van der Waals surface area contributed by atoms with Crippen LogP contribution in [0.15, 0.2) is 12.7 Å². The normalized spacial score (nSPS) is 16.4. The summed E-state index contributed by atoms with van der Waals surface area (Å²) in [5.74, 6) is 0.121. The molecule has 4 N–H and O–H groups in total. The number of hydrogen-bond acceptors (Lipinski definition) is 7. The van der Waals surface area contributed by atoms with Crippen molar-refractivity contribution in [1.82, 2.24) is 19.5 Å². The van der Waals surface area contributed by atoms with Crippen LogP contribution in [0.3, 0.4) is 0 Å². The second-order valence-corrected chi connectivity index (χ2v) is 3.90. The van der Waals surface area contributed by atoms with Gasteiger partial charge in [-0.3, -0.25) is 4.57 Å². The van der Waals surface area contributed by atoms with E-state index >= 15 is 0 Å². The molecule has 0 aliphatic rings. The van der Waals surface area contributed by atoms with Gasteiger partial charge in [-0.1, -0.05) is 0 Å². The molecule has 19 heavy (non-hydrogen) atoms. The third-order valence-electron chi connectivity index (χ3n) is 2.80. The highest BCUT2D eigenvalue weighted by Crippen LogP contribution is 2.23. The maximum atomic E-state index is 14.2. The number of aromatic nitrogens is 4. The van der Waals surface area contributed by atoms with Crippen molar-refractivity contribution in [2.75, 3.05) is 19.5 Å². The van der Waals surface area contributed by atoms with Crippen molar-refractivity contribution in [3.8, 4) is 0 Å². The second-order valence-electron chi connectivity index (χ2n) is 3.90. The summed E-state index contributed by atoms with van der Waals surface area (Å²) in [6, 6.07) is 0. The number of halogens is 1. The number of nitrogens with two attached hydrogens (primary N) is 1. The summed E-state index contributed by atoms with van der Waals surface area (Å²) in [5, 5.41) is 18.8. The first-order valence-corrected chi connectivity index (χ1v) is 5.49. The van der Waals surface area contributed by atoms with Gasteiger partial charge in [-0.05, 0) is 0 Å². The highest BCUT2D eigenvalue weighted by atomic mass is 19.1. The van der Waals surface area contributed by atoms with Crippen LogP contribution in [0.4, 0.5) is 10.2 Å². The summed E-state index contributed by atoms with van der Waals surface area (Å²) in [6.45, 7) is -0.512. The third kappa shape index (κ3) is 2.35. The molecule has 104 valence electrons. The smallest absolute Gasteiger partial charge is 0.207 e. The number of aliphatic hydroxyl groups excluding tert-OH is 2. The first-order valence-electron chi connectivity index (χ1n) is 5.49. The number of ether oxygens (including phenoxy) is 1. The van der Waals surface area contributed by atoms with Gasteiger partial charge in [-0.25, -0.2) is 19.3 Å². The average molecular weight is 271 g/mol. The highest BCUT2D eigenvalue weighted by molar-refractivity contribution is 5.81. The van der Waals surface area contributed by atoms with Gasteiger partial charge in [0.1, 0.15) is 24.1 Å². The lowest BCUT2D eigenvalue weighted by atomic mass is 10.2. The zero-order chi connectivity index (χ0) is 14.0. The number of anilines is 1. The molecular weight excluding hydrogens is 257 g/mol. The maximum Gasteiger partial charge on any atom is 0.207 e. The van der Waals surface area contributed by atoms with Gasteiger partial charge in [-0.15, -0.1) is 0 Å². The minimum absolute atomic E-state index is 0.121. The monoisotopic (exact) mass is 271 g/mol. The van der Waals surface area contributed by atoms with Crippen LogP contribution >= 0.6 is 0 Å². The molecule has 2 aromatic rings. The van der Waals surface area contributed by atoms with Crippen molar-refractivity contribution in [3.05, 3.63) is 12.7 Å². The molecule has 3 atom stereocenters. The van der Waals surface area contributed by atoms with E-state index in [1.54, 1.807) is 0 Å². The van der Waals surface area contributed by atoms with E-state index in [-0.39, 0.29) is 17.0 Å². The predicted octanol–water partition coefficient (Wildman–Crippen LogP) is -0.755. The molecule has 2 aromatic heterocycles. The first kappa shape index (κ1) is 13.6. The van der Waals surface area contributed by atoms with E-state index in [1.807, 2.05) is 0 Å². The van der Waals surface area contributed by atoms with E-state index in [0.717, 1.165) is 10.9 Å². The second kappa shape index (κ2) is 5.43. The fraction of sp³-hybridized carbons (Fsp3) is 0.500. The Labute approximate surface area is 107 Å². The Morgan fingerprint density at radius 2 is 2.21 bits per heavy atom. The van der Waals surface area contributed by atoms with Gasteiger partial charge in [0.05, 0.1) is 12.9 Å². The highest BCUT2D eigenvalue weighted by Gasteiger charge is 2.30. The molecule has 0 fully saturated rings. The molecule has 0 saturated carbocycles. The number of alkyl halides is 1. The van der Waals surface area contributed by atoms with Gasteiger partial charge in [0.25, 0.3) is 0 Å². The topological polar surface area (TPSA) is 119 Å². The molecule has 0 aliphatic heterocycles. The molecule has 0 aliphatic carbocycles. The quantitative estimate of drug-likeness (QED) is 0.654. The average Bonchev–Trinajstić information content (AvgIpc) is 2.84. The Hall–Kier alpha value is -1.84. The number of methoxy groups -OCH3 is 1. The summed E-state index contributed by atoms with van der Waals surface area (Å²) in [4.78, 5) is 11.5. The summed E-state index contributed by atoms with van der Waals surface area (Å²) >= 11 is 0. The summed E-state index contributed by atoms with van der Waals surface area (Å²) in [5.41, 5.74) is 5.99. The third-order valence-corrected chi connectivity index (χ3v) is 2.80. The lowest BCUT2D eigenvalue weighted by molar-refractivity contribution is -0.0891. The van der Waals surface area contributed by atoms with Crippen LogP contribution in [-0.2, 0) is 4.74 Å². The predicted molar refractivity (Wildman–Crippen MR) is 63.8 cm³/mol. The SMILES string of the molecule is CO[C@H](CO)[C@@H](O)[C@@H](F)n1cnc2c(N)ncnc21. The number of nitrogens with zero attached hydrogens (tertiary/aromatic N) is 4. The Morgan fingerprint density at radius 3 is 2.84 bits per heavy atom. The van der Waals surface area contributed by atoms with Crippen molar-refractivity contribution >= 4 is 17.0 Å². The number of aliphatic hydroxyl groups is 2. The van der Waals surface area contributed by atoms with Gasteiger partial charge < -0.3 is 20.7 Å². The first-order chi connectivity index (χ1) is 9.10. The Bertz CT molecular complexity index is 559. The zero-order valence-electron chi connectivity index (χ0n) is 10.1. The summed E-state index contributed by atoms with van der Waals surface area (Å²) in [7, 11) is 1.27. The van der Waals surface area contributed by atoms with Crippen molar-refractivity contribution in [3.63, 3.8) is 0 Å².